The molecule has 1 unspecified atom stereocenters. The van der Waals surface area contributed by atoms with Crippen LogP contribution < -0.4 is 10.1 Å². The standard InChI is InChI=1S/C21H25FN4O4/c1-29-18-3-2-14(12-17(18)22)21(28)25-9-5-16(6-10-25)26-19(4-8-23-26)24-20(27)15-7-11-30-13-15/h2-4,8,12,15-16H,5-7,9-11,13H2,1H3,(H,24,27). The molecule has 2 fully saturated rings. The number of nitrogens with one attached hydrogen (secondary N) is 1. The van der Waals surface area contributed by atoms with Crippen LogP contribution in [0.15, 0.2) is 30.5 Å². The summed E-state index contributed by atoms with van der Waals surface area (Å²) in [6.45, 7) is 2.12. The molecule has 1 aromatic heterocycles. The van der Waals surface area contributed by atoms with Gasteiger partial charge in [0.05, 0.1) is 31.9 Å². The monoisotopic (exact) mass is 416 g/mol. The van der Waals surface area contributed by atoms with Crippen molar-refractivity contribution >= 4 is 17.6 Å². The van der Waals surface area contributed by atoms with E-state index >= 15 is 0 Å². The summed E-state index contributed by atoms with van der Waals surface area (Å²) in [5.41, 5.74) is 0.303. The normalized spacial score (nSPS) is 19.7. The first-order chi connectivity index (χ1) is 14.6. The second-order valence-electron chi connectivity index (χ2n) is 7.58. The number of carbonyl (C=O) groups excluding carboxylic acids is 2. The van der Waals surface area contributed by atoms with E-state index < -0.39 is 5.82 Å². The third-order valence-electron chi connectivity index (χ3n) is 5.72. The molecule has 30 heavy (non-hydrogen) atoms. The van der Waals surface area contributed by atoms with Crippen LogP contribution in [-0.2, 0) is 9.53 Å². The minimum atomic E-state index is -0.553. The van der Waals surface area contributed by atoms with E-state index in [0.29, 0.717) is 50.5 Å². The molecule has 2 aliphatic heterocycles. The minimum Gasteiger partial charge on any atom is -0.494 e. The maximum absolute atomic E-state index is 13.9. The van der Waals surface area contributed by atoms with Crippen LogP contribution in [0.3, 0.4) is 0 Å². The number of halogens is 1. The average Bonchev–Trinajstić information content (AvgIpc) is 3.45. The number of benzene rings is 1. The smallest absolute Gasteiger partial charge is 0.253 e. The zero-order valence-electron chi connectivity index (χ0n) is 16.8. The van der Waals surface area contributed by atoms with Gasteiger partial charge in [0, 0.05) is 31.3 Å². The highest BCUT2D eigenvalue weighted by Crippen LogP contribution is 2.27. The number of ether oxygens (including phenoxy) is 2. The lowest BCUT2D eigenvalue weighted by atomic mass is 10.0. The van der Waals surface area contributed by atoms with Crippen molar-refractivity contribution in [1.82, 2.24) is 14.7 Å². The molecule has 2 saturated heterocycles. The van der Waals surface area contributed by atoms with Gasteiger partial charge in [-0.1, -0.05) is 0 Å². The summed E-state index contributed by atoms with van der Waals surface area (Å²) in [5, 5.41) is 7.34. The highest BCUT2D eigenvalue weighted by molar-refractivity contribution is 5.94. The second kappa shape index (κ2) is 8.83. The number of methoxy groups -OCH3 is 1. The molecular weight excluding hydrogens is 391 g/mol. The maximum atomic E-state index is 13.9. The van der Waals surface area contributed by atoms with Crippen molar-refractivity contribution in [1.29, 1.82) is 0 Å². The quantitative estimate of drug-likeness (QED) is 0.809. The Hall–Kier alpha value is -2.94. The number of aromatic nitrogens is 2. The number of hydrogen-bond donors (Lipinski definition) is 1. The Labute approximate surface area is 173 Å². The van der Waals surface area contributed by atoms with Gasteiger partial charge in [-0.2, -0.15) is 5.10 Å². The van der Waals surface area contributed by atoms with E-state index in [9.17, 15) is 14.0 Å². The molecule has 8 nitrogen and oxygen atoms in total. The molecule has 9 heteroatoms. The number of nitrogens with zero attached hydrogens (tertiary/aromatic N) is 3. The fraction of sp³-hybridized carbons (Fsp3) is 0.476. The van der Waals surface area contributed by atoms with Crippen LogP contribution in [0.1, 0.15) is 35.7 Å². The molecule has 3 heterocycles. The fourth-order valence-corrected chi connectivity index (χ4v) is 3.97. The van der Waals surface area contributed by atoms with Crippen molar-refractivity contribution in [2.45, 2.75) is 25.3 Å². The van der Waals surface area contributed by atoms with E-state index in [0.717, 1.165) is 6.42 Å². The number of amides is 2. The van der Waals surface area contributed by atoms with Crippen LogP contribution in [0, 0.1) is 11.7 Å². The Morgan fingerprint density at radius 2 is 2.03 bits per heavy atom. The summed E-state index contributed by atoms with van der Waals surface area (Å²) in [4.78, 5) is 26.8. The summed E-state index contributed by atoms with van der Waals surface area (Å²) in [5.74, 6) is -0.161. The summed E-state index contributed by atoms with van der Waals surface area (Å²) in [6.07, 6.45) is 3.79. The van der Waals surface area contributed by atoms with Gasteiger partial charge < -0.3 is 19.7 Å². The Bertz CT molecular complexity index is 917. The molecule has 0 spiro atoms. The van der Waals surface area contributed by atoms with Gasteiger partial charge in [0.1, 0.15) is 5.82 Å². The molecule has 1 N–H and O–H groups in total. The van der Waals surface area contributed by atoms with Gasteiger partial charge in [-0.15, -0.1) is 0 Å². The molecule has 0 saturated carbocycles. The number of anilines is 1. The summed E-state index contributed by atoms with van der Waals surface area (Å²) in [6, 6.07) is 6.10. The fourth-order valence-electron chi connectivity index (χ4n) is 3.97. The number of likely N-dealkylation sites (tertiary alicyclic amines) is 1. The van der Waals surface area contributed by atoms with E-state index in [4.69, 9.17) is 9.47 Å². The van der Waals surface area contributed by atoms with E-state index in [1.54, 1.807) is 23.2 Å². The highest BCUT2D eigenvalue weighted by atomic mass is 19.1. The van der Waals surface area contributed by atoms with Crippen molar-refractivity contribution < 1.29 is 23.5 Å². The molecule has 2 aliphatic rings. The largest absolute Gasteiger partial charge is 0.494 e. The van der Waals surface area contributed by atoms with E-state index in [1.165, 1.54) is 19.2 Å². The maximum Gasteiger partial charge on any atom is 0.253 e. The minimum absolute atomic E-state index is 0.0524. The van der Waals surface area contributed by atoms with Gasteiger partial charge in [-0.05, 0) is 37.5 Å². The zero-order valence-corrected chi connectivity index (χ0v) is 16.8. The van der Waals surface area contributed by atoms with Gasteiger partial charge >= 0.3 is 0 Å². The van der Waals surface area contributed by atoms with Crippen molar-refractivity contribution in [3.8, 4) is 5.75 Å². The molecule has 1 aromatic carbocycles. The molecule has 0 aliphatic carbocycles. The first-order valence-corrected chi connectivity index (χ1v) is 10.1. The lowest BCUT2D eigenvalue weighted by Crippen LogP contribution is -2.39. The number of rotatable bonds is 5. The van der Waals surface area contributed by atoms with Gasteiger partial charge in [-0.3, -0.25) is 9.59 Å². The van der Waals surface area contributed by atoms with E-state index in [2.05, 4.69) is 10.4 Å². The lowest BCUT2D eigenvalue weighted by molar-refractivity contribution is -0.119. The molecule has 2 amide bonds. The third-order valence-corrected chi connectivity index (χ3v) is 5.72. The topological polar surface area (TPSA) is 85.7 Å². The van der Waals surface area contributed by atoms with E-state index in [1.807, 2.05) is 4.68 Å². The summed E-state index contributed by atoms with van der Waals surface area (Å²) < 4.78 is 25.9. The van der Waals surface area contributed by atoms with Gasteiger partial charge in [0.2, 0.25) is 5.91 Å². The van der Waals surface area contributed by atoms with Crippen molar-refractivity contribution in [2.24, 2.45) is 5.92 Å². The van der Waals surface area contributed by atoms with Gasteiger partial charge in [0.25, 0.3) is 5.91 Å². The van der Waals surface area contributed by atoms with Crippen molar-refractivity contribution in [2.75, 3.05) is 38.7 Å². The summed E-state index contributed by atoms with van der Waals surface area (Å²) in [7, 11) is 1.39. The molecule has 2 aromatic rings. The molecular formula is C21H25FN4O4. The van der Waals surface area contributed by atoms with Crippen LogP contribution in [0.25, 0.3) is 0 Å². The third kappa shape index (κ3) is 4.16. The molecule has 0 bridgehead atoms. The Morgan fingerprint density at radius 1 is 1.23 bits per heavy atom. The highest BCUT2D eigenvalue weighted by Gasteiger charge is 2.28. The van der Waals surface area contributed by atoms with Crippen LogP contribution >= 0.6 is 0 Å². The number of carbonyl (C=O) groups is 2. The number of piperidine rings is 1. The van der Waals surface area contributed by atoms with Crippen LogP contribution in [-0.4, -0.2) is 59.9 Å². The van der Waals surface area contributed by atoms with Crippen LogP contribution in [0.2, 0.25) is 0 Å². The first-order valence-electron chi connectivity index (χ1n) is 10.1. The first kappa shape index (κ1) is 20.3. The molecule has 0 radical (unpaired) electrons. The SMILES string of the molecule is COc1ccc(C(=O)N2CCC(n3nccc3NC(=O)C3CCOC3)CC2)cc1F. The Balaban J connectivity index is 1.37. The van der Waals surface area contributed by atoms with Crippen molar-refractivity contribution in [3.05, 3.63) is 41.8 Å². The van der Waals surface area contributed by atoms with Crippen LogP contribution in [0.5, 0.6) is 5.75 Å². The number of hydrogen-bond acceptors (Lipinski definition) is 5. The molecule has 4 rings (SSSR count). The lowest BCUT2D eigenvalue weighted by Gasteiger charge is -2.33. The average molecular weight is 416 g/mol. The Kier molecular flexibility index (Phi) is 5.98. The molecule has 160 valence electrons. The predicted octanol–water partition coefficient (Wildman–Crippen LogP) is 2.48. The van der Waals surface area contributed by atoms with Gasteiger partial charge in [-0.25, -0.2) is 9.07 Å². The Morgan fingerprint density at radius 3 is 2.70 bits per heavy atom. The van der Waals surface area contributed by atoms with E-state index in [-0.39, 0.29) is 29.5 Å². The predicted molar refractivity (Wildman–Crippen MR) is 107 cm³/mol. The molecule has 1 atom stereocenters. The van der Waals surface area contributed by atoms with Gasteiger partial charge in [0.15, 0.2) is 11.6 Å². The second-order valence-corrected chi connectivity index (χ2v) is 7.58. The summed E-state index contributed by atoms with van der Waals surface area (Å²) >= 11 is 0. The zero-order chi connectivity index (χ0) is 21.1. The van der Waals surface area contributed by atoms with Crippen LogP contribution in [0.4, 0.5) is 10.2 Å². The van der Waals surface area contributed by atoms with Crippen molar-refractivity contribution in [3.63, 3.8) is 0 Å².